The number of fused-ring (bicyclic) bond motifs is 2. The highest BCUT2D eigenvalue weighted by Crippen LogP contribution is 2.33. The van der Waals surface area contributed by atoms with Crippen LogP contribution in [-0.2, 0) is 0 Å². The van der Waals surface area contributed by atoms with E-state index in [1.54, 1.807) is 35.4 Å². The first-order chi connectivity index (χ1) is 9.85. The number of rotatable bonds is 2. The molecular weight excluding hydrogens is 272 g/mol. The van der Waals surface area contributed by atoms with Crippen LogP contribution in [0.1, 0.15) is 0 Å². The van der Waals surface area contributed by atoms with Crippen LogP contribution in [-0.4, -0.2) is 26.7 Å². The maximum atomic E-state index is 5.24. The number of hydrogen-bond donors (Lipinski definition) is 0. The maximum absolute atomic E-state index is 5.24. The molecule has 3 aromatic heterocycles. The molecule has 0 spiro atoms. The van der Waals surface area contributed by atoms with Crippen molar-refractivity contribution in [2.24, 2.45) is 0 Å². The van der Waals surface area contributed by atoms with Crippen molar-refractivity contribution in [2.75, 3.05) is 7.11 Å². The summed E-state index contributed by atoms with van der Waals surface area (Å²) in [4.78, 5) is 9.01. The molecule has 0 N–H and O–H groups in total. The monoisotopic (exact) mass is 282 g/mol. The van der Waals surface area contributed by atoms with Crippen LogP contribution in [0.3, 0.4) is 0 Å². The van der Waals surface area contributed by atoms with Crippen LogP contribution in [0.5, 0.6) is 5.75 Å². The number of aromatic nitrogens is 4. The molecule has 0 aliphatic heterocycles. The number of thiazole rings is 1. The minimum absolute atomic E-state index is 0.818. The van der Waals surface area contributed by atoms with E-state index < -0.39 is 0 Å². The highest BCUT2D eigenvalue weighted by atomic mass is 32.1. The number of nitrogens with zero attached hydrogens (tertiary/aromatic N) is 4. The van der Waals surface area contributed by atoms with Gasteiger partial charge in [0.2, 0.25) is 0 Å². The van der Waals surface area contributed by atoms with Crippen molar-refractivity contribution in [3.63, 3.8) is 0 Å². The van der Waals surface area contributed by atoms with Gasteiger partial charge in [0, 0.05) is 12.4 Å². The largest absolute Gasteiger partial charge is 0.497 e. The lowest BCUT2D eigenvalue weighted by Crippen LogP contribution is -1.87. The molecule has 0 aliphatic carbocycles. The van der Waals surface area contributed by atoms with E-state index in [0.29, 0.717) is 0 Å². The van der Waals surface area contributed by atoms with Crippen LogP contribution in [0, 0.1) is 0 Å². The molecule has 4 aromatic rings. The molecule has 0 bridgehead atoms. The van der Waals surface area contributed by atoms with Gasteiger partial charge in [0.05, 0.1) is 29.1 Å². The lowest BCUT2D eigenvalue weighted by atomic mass is 10.3. The first kappa shape index (κ1) is 11.4. The van der Waals surface area contributed by atoms with Crippen LogP contribution >= 0.6 is 11.3 Å². The number of methoxy groups -OCH3 is 1. The van der Waals surface area contributed by atoms with Gasteiger partial charge in [0.25, 0.3) is 0 Å². The third-order valence-electron chi connectivity index (χ3n) is 3.11. The molecule has 0 atom stereocenters. The van der Waals surface area contributed by atoms with Gasteiger partial charge in [-0.05, 0) is 24.3 Å². The van der Waals surface area contributed by atoms with Crippen molar-refractivity contribution >= 4 is 27.2 Å². The molecule has 3 heterocycles. The molecule has 4 rings (SSSR count). The Morgan fingerprint density at radius 2 is 2.25 bits per heavy atom. The Kier molecular flexibility index (Phi) is 2.43. The minimum atomic E-state index is 0.818. The van der Waals surface area contributed by atoms with E-state index in [0.717, 1.165) is 32.2 Å². The van der Waals surface area contributed by atoms with Crippen LogP contribution in [0.15, 0.2) is 42.9 Å². The summed E-state index contributed by atoms with van der Waals surface area (Å²) in [5.41, 5.74) is 2.73. The van der Waals surface area contributed by atoms with Crippen LogP contribution in [0.2, 0.25) is 0 Å². The summed E-state index contributed by atoms with van der Waals surface area (Å²) in [6, 6.07) is 7.73. The second-order valence-corrected chi connectivity index (χ2v) is 5.33. The second-order valence-electron chi connectivity index (χ2n) is 4.30. The molecule has 0 aliphatic rings. The fourth-order valence-electron chi connectivity index (χ4n) is 2.13. The molecule has 5 nitrogen and oxygen atoms in total. The van der Waals surface area contributed by atoms with Crippen molar-refractivity contribution in [3.05, 3.63) is 42.9 Å². The summed E-state index contributed by atoms with van der Waals surface area (Å²) >= 11 is 1.61. The van der Waals surface area contributed by atoms with Gasteiger partial charge in [-0.2, -0.15) is 5.10 Å². The fraction of sp³-hybridized carbons (Fsp3) is 0.0714. The van der Waals surface area contributed by atoms with Crippen molar-refractivity contribution in [3.8, 4) is 16.3 Å². The summed E-state index contributed by atoms with van der Waals surface area (Å²) in [5.74, 6) is 0.839. The third-order valence-corrected chi connectivity index (χ3v) is 4.16. The molecule has 0 saturated carbocycles. The second kappa shape index (κ2) is 4.28. The summed E-state index contributed by atoms with van der Waals surface area (Å²) in [7, 11) is 1.66. The quantitative estimate of drug-likeness (QED) is 0.567. The highest BCUT2D eigenvalue weighted by molar-refractivity contribution is 7.21. The van der Waals surface area contributed by atoms with Gasteiger partial charge in [0.1, 0.15) is 10.8 Å². The van der Waals surface area contributed by atoms with Crippen LogP contribution in [0.4, 0.5) is 0 Å². The zero-order chi connectivity index (χ0) is 13.5. The summed E-state index contributed by atoms with van der Waals surface area (Å²) in [6.07, 6.45) is 5.44. The van der Waals surface area contributed by atoms with Crippen molar-refractivity contribution in [2.45, 2.75) is 0 Å². The molecule has 0 unspecified atom stereocenters. The van der Waals surface area contributed by atoms with Gasteiger partial charge in [-0.25, -0.2) is 14.5 Å². The Morgan fingerprint density at radius 3 is 3.15 bits per heavy atom. The maximum Gasteiger partial charge on any atom is 0.165 e. The van der Waals surface area contributed by atoms with E-state index in [9.17, 15) is 0 Å². The van der Waals surface area contributed by atoms with Crippen LogP contribution < -0.4 is 4.74 Å². The van der Waals surface area contributed by atoms with E-state index in [1.807, 2.05) is 30.5 Å². The Hall–Kier alpha value is -2.47. The SMILES string of the molecule is COc1ccc2nc(-c3cnn4cccnc34)sc2c1. The first-order valence-corrected chi connectivity index (χ1v) is 6.90. The zero-order valence-electron chi connectivity index (χ0n) is 10.6. The predicted octanol–water partition coefficient (Wildman–Crippen LogP) is 3.01. The molecular formula is C14H10N4OS. The van der Waals surface area contributed by atoms with Gasteiger partial charge < -0.3 is 4.74 Å². The summed E-state index contributed by atoms with van der Waals surface area (Å²) in [6.45, 7) is 0. The van der Waals surface area contributed by atoms with E-state index >= 15 is 0 Å². The van der Waals surface area contributed by atoms with E-state index in [4.69, 9.17) is 4.74 Å². The summed E-state index contributed by atoms with van der Waals surface area (Å²) in [5, 5.41) is 5.21. The van der Waals surface area contributed by atoms with Crippen molar-refractivity contribution in [1.82, 2.24) is 19.6 Å². The summed E-state index contributed by atoms with van der Waals surface area (Å²) < 4.78 is 8.09. The lowest BCUT2D eigenvalue weighted by Gasteiger charge is -1.96. The van der Waals surface area contributed by atoms with E-state index in [2.05, 4.69) is 15.1 Å². The van der Waals surface area contributed by atoms with Crippen molar-refractivity contribution < 1.29 is 4.74 Å². The van der Waals surface area contributed by atoms with Gasteiger partial charge in [-0.1, -0.05) is 0 Å². The molecule has 20 heavy (non-hydrogen) atoms. The molecule has 6 heteroatoms. The first-order valence-electron chi connectivity index (χ1n) is 6.08. The number of hydrogen-bond acceptors (Lipinski definition) is 5. The Balaban J connectivity index is 1.93. The minimum Gasteiger partial charge on any atom is -0.497 e. The smallest absolute Gasteiger partial charge is 0.165 e. The standard InChI is InChI=1S/C14H10N4OS/c1-19-9-3-4-11-12(7-9)20-14(17-11)10-8-16-18-6-2-5-15-13(10)18/h2-8H,1H3. The average molecular weight is 282 g/mol. The van der Waals surface area contributed by atoms with Gasteiger partial charge in [0.15, 0.2) is 5.65 Å². The van der Waals surface area contributed by atoms with E-state index in [-0.39, 0.29) is 0 Å². The van der Waals surface area contributed by atoms with Gasteiger partial charge in [-0.15, -0.1) is 11.3 Å². The molecule has 1 aromatic carbocycles. The number of benzene rings is 1. The Labute approximate surface area is 118 Å². The molecule has 0 fully saturated rings. The van der Waals surface area contributed by atoms with Crippen LogP contribution in [0.25, 0.3) is 26.4 Å². The molecule has 0 amide bonds. The van der Waals surface area contributed by atoms with Crippen molar-refractivity contribution in [1.29, 1.82) is 0 Å². The number of ether oxygens (including phenoxy) is 1. The Bertz CT molecular complexity index is 912. The predicted molar refractivity (Wildman–Crippen MR) is 78.2 cm³/mol. The third kappa shape index (κ3) is 1.65. The Morgan fingerprint density at radius 1 is 1.30 bits per heavy atom. The topological polar surface area (TPSA) is 52.3 Å². The van der Waals surface area contributed by atoms with E-state index in [1.165, 1.54) is 0 Å². The normalized spacial score (nSPS) is 11.2. The van der Waals surface area contributed by atoms with Gasteiger partial charge >= 0.3 is 0 Å². The zero-order valence-corrected chi connectivity index (χ0v) is 11.5. The molecule has 0 radical (unpaired) electrons. The fourth-order valence-corrected chi connectivity index (χ4v) is 3.12. The highest BCUT2D eigenvalue weighted by Gasteiger charge is 2.12. The average Bonchev–Trinajstić information content (AvgIpc) is 3.09. The molecule has 0 saturated heterocycles. The molecule has 98 valence electrons. The lowest BCUT2D eigenvalue weighted by molar-refractivity contribution is 0.415. The van der Waals surface area contributed by atoms with Gasteiger partial charge in [-0.3, -0.25) is 0 Å².